The molecule has 0 unspecified atom stereocenters. The van der Waals surface area contributed by atoms with Gasteiger partial charge in [-0.25, -0.2) is 4.98 Å². The number of halogens is 3. The molecular weight excluding hydrogens is 518 g/mol. The average Bonchev–Trinajstić information content (AvgIpc) is 3.57. The number of rotatable bonds is 8. The van der Waals surface area contributed by atoms with E-state index in [9.17, 15) is 14.0 Å². The minimum Gasteiger partial charge on any atom is -0.435 e. The molecule has 6 rings (SSSR count). The van der Waals surface area contributed by atoms with Crippen molar-refractivity contribution in [3.05, 3.63) is 29.0 Å². The van der Waals surface area contributed by atoms with Gasteiger partial charge in [0.2, 0.25) is 5.95 Å². The number of anilines is 4. The molecule has 11 nitrogen and oxygen atoms in total. The summed E-state index contributed by atoms with van der Waals surface area (Å²) >= 11 is 6.81. The Balaban J connectivity index is 1.29. The third-order valence-corrected chi connectivity index (χ3v) is 7.55. The van der Waals surface area contributed by atoms with Gasteiger partial charge in [0.05, 0.1) is 22.6 Å². The number of likely N-dealkylation sites (N-methyl/N-ethyl adjacent to an activating group) is 1. The number of nitrogens with zero attached hydrogens (tertiary/aromatic N) is 8. The number of fused-ring (bicyclic) bond motifs is 1. The van der Waals surface area contributed by atoms with Gasteiger partial charge in [-0.15, -0.1) is 5.10 Å². The summed E-state index contributed by atoms with van der Waals surface area (Å²) < 4.78 is 32.5. The molecule has 3 aromatic rings. The molecule has 0 atom stereocenters. The maximum absolute atomic E-state index is 13.2. The number of piperazine rings is 1. The Kier molecular flexibility index (Phi) is 6.55. The van der Waals surface area contributed by atoms with Crippen LogP contribution in [-0.2, 0) is 0 Å². The number of ether oxygens (including phenoxy) is 1. The van der Waals surface area contributed by atoms with E-state index >= 15 is 0 Å². The highest BCUT2D eigenvalue weighted by atomic mass is 35.5. The minimum absolute atomic E-state index is 0.0253. The third-order valence-electron chi connectivity index (χ3n) is 7.15. The summed E-state index contributed by atoms with van der Waals surface area (Å²) in [6, 6.07) is 5.66. The monoisotopic (exact) mass is 544 g/mol. The number of hydrogen-bond donors (Lipinski definition) is 2. The van der Waals surface area contributed by atoms with Crippen LogP contribution in [0.4, 0.5) is 31.9 Å². The molecule has 1 aromatic carbocycles. The molecule has 2 aliphatic heterocycles. The van der Waals surface area contributed by atoms with Crippen LogP contribution in [0.5, 0.6) is 5.75 Å². The lowest BCUT2D eigenvalue weighted by Gasteiger charge is -2.49. The van der Waals surface area contributed by atoms with E-state index in [1.807, 2.05) is 0 Å². The third kappa shape index (κ3) is 4.99. The van der Waals surface area contributed by atoms with Crippen LogP contribution in [0.3, 0.4) is 0 Å². The number of imidazole rings is 1. The normalized spacial score (nSPS) is 19.0. The first-order valence-corrected chi connectivity index (χ1v) is 12.9. The molecule has 0 spiro atoms. The Morgan fingerprint density at radius 1 is 1.18 bits per heavy atom. The molecule has 2 aromatic heterocycles. The molecule has 38 heavy (non-hydrogen) atoms. The first-order valence-electron chi connectivity index (χ1n) is 12.5. The molecule has 200 valence electrons. The highest BCUT2D eigenvalue weighted by Crippen LogP contribution is 2.41. The van der Waals surface area contributed by atoms with Crippen LogP contribution in [0, 0.1) is 11.3 Å². The van der Waals surface area contributed by atoms with Crippen molar-refractivity contribution in [1.29, 1.82) is 5.26 Å². The lowest BCUT2D eigenvalue weighted by molar-refractivity contribution is -0.0497. The fraction of sp³-hybridized carbons (Fsp3) is 0.500. The summed E-state index contributed by atoms with van der Waals surface area (Å²) in [7, 11) is 2.12. The van der Waals surface area contributed by atoms with Crippen molar-refractivity contribution in [2.24, 2.45) is 0 Å². The quantitative estimate of drug-likeness (QED) is 0.439. The van der Waals surface area contributed by atoms with Gasteiger partial charge in [-0.3, -0.25) is 4.90 Å². The topological polar surface area (TPSA) is 110 Å². The van der Waals surface area contributed by atoms with E-state index in [1.54, 1.807) is 0 Å². The zero-order chi connectivity index (χ0) is 26.4. The van der Waals surface area contributed by atoms with Gasteiger partial charge >= 0.3 is 6.61 Å². The molecule has 14 heteroatoms. The number of nitriles is 1. The molecule has 3 fully saturated rings. The zero-order valence-corrected chi connectivity index (χ0v) is 21.5. The van der Waals surface area contributed by atoms with Gasteiger partial charge in [0.15, 0.2) is 17.2 Å². The smallest absolute Gasteiger partial charge is 0.387 e. The zero-order valence-electron chi connectivity index (χ0n) is 20.7. The summed E-state index contributed by atoms with van der Waals surface area (Å²) in [5, 5.41) is 20.6. The number of alkyl halides is 2. The Hall–Kier alpha value is -3.47. The summed E-state index contributed by atoms with van der Waals surface area (Å²) in [5.41, 5.74) is 1.58. The van der Waals surface area contributed by atoms with Crippen molar-refractivity contribution in [3.63, 3.8) is 0 Å². The van der Waals surface area contributed by atoms with Crippen LogP contribution in [0.2, 0.25) is 5.02 Å². The Labute approximate surface area is 222 Å². The van der Waals surface area contributed by atoms with E-state index in [0.29, 0.717) is 33.9 Å². The van der Waals surface area contributed by atoms with Crippen molar-refractivity contribution in [1.82, 2.24) is 29.4 Å². The summed E-state index contributed by atoms with van der Waals surface area (Å²) in [5.74, 6) is 0.583. The van der Waals surface area contributed by atoms with Crippen molar-refractivity contribution in [3.8, 4) is 11.8 Å². The number of aromatic nitrogens is 4. The molecule has 0 amide bonds. The van der Waals surface area contributed by atoms with Gasteiger partial charge in [0.25, 0.3) is 0 Å². The second-order valence-electron chi connectivity index (χ2n) is 9.90. The molecule has 4 heterocycles. The molecule has 3 aliphatic rings. The fourth-order valence-corrected chi connectivity index (χ4v) is 5.07. The first-order chi connectivity index (χ1) is 18.4. The highest BCUT2D eigenvalue weighted by Gasteiger charge is 2.35. The second kappa shape index (κ2) is 10.0. The molecule has 1 saturated carbocycles. The summed E-state index contributed by atoms with van der Waals surface area (Å²) in [6.07, 6.45) is 3.45. The van der Waals surface area contributed by atoms with Crippen LogP contribution in [0.25, 0.3) is 5.65 Å². The van der Waals surface area contributed by atoms with Crippen LogP contribution < -0.4 is 20.3 Å². The number of nitrogens with one attached hydrogen (secondary N) is 2. The van der Waals surface area contributed by atoms with E-state index < -0.39 is 6.61 Å². The molecule has 0 radical (unpaired) electrons. The van der Waals surface area contributed by atoms with Gasteiger partial charge in [-0.2, -0.15) is 23.5 Å². The van der Waals surface area contributed by atoms with E-state index in [-0.39, 0.29) is 23.4 Å². The Bertz CT molecular complexity index is 1380. The van der Waals surface area contributed by atoms with Gasteiger partial charge in [0.1, 0.15) is 11.8 Å². The van der Waals surface area contributed by atoms with Crippen molar-refractivity contribution in [2.45, 2.75) is 31.5 Å². The Morgan fingerprint density at radius 2 is 1.95 bits per heavy atom. The van der Waals surface area contributed by atoms with Gasteiger partial charge < -0.3 is 25.2 Å². The Morgan fingerprint density at radius 3 is 2.63 bits per heavy atom. The SMILES string of the molecule is CN1CCN(C2CN(c3cc(OC(F)F)cc(Nc4nc(NC5CC5)c5ncc(C#N)n5n4)c3Cl)C2)CC1. The average molecular weight is 545 g/mol. The van der Waals surface area contributed by atoms with Gasteiger partial charge in [0, 0.05) is 63.5 Å². The maximum atomic E-state index is 13.2. The lowest BCUT2D eigenvalue weighted by atomic mass is 10.0. The second-order valence-corrected chi connectivity index (χ2v) is 10.3. The molecule has 2 saturated heterocycles. The largest absolute Gasteiger partial charge is 0.435 e. The van der Waals surface area contributed by atoms with E-state index in [2.05, 4.69) is 53.5 Å². The lowest BCUT2D eigenvalue weighted by Crippen LogP contribution is -2.63. The van der Waals surface area contributed by atoms with Crippen LogP contribution in [0.1, 0.15) is 18.5 Å². The highest BCUT2D eigenvalue weighted by molar-refractivity contribution is 6.36. The fourth-order valence-electron chi connectivity index (χ4n) is 4.79. The van der Waals surface area contributed by atoms with Crippen LogP contribution >= 0.6 is 11.6 Å². The summed E-state index contributed by atoms with van der Waals surface area (Å²) in [6.45, 7) is 2.53. The van der Waals surface area contributed by atoms with E-state index in [0.717, 1.165) is 52.1 Å². The molecule has 0 bridgehead atoms. The minimum atomic E-state index is -2.99. The maximum Gasteiger partial charge on any atom is 0.387 e. The van der Waals surface area contributed by atoms with Crippen molar-refractivity contribution >= 4 is 40.4 Å². The molecule has 1 aliphatic carbocycles. The molecular formula is C24H27ClF2N10O. The van der Waals surface area contributed by atoms with Crippen LogP contribution in [0.15, 0.2) is 18.3 Å². The van der Waals surface area contributed by atoms with Crippen molar-refractivity contribution < 1.29 is 13.5 Å². The van der Waals surface area contributed by atoms with Gasteiger partial charge in [-0.1, -0.05) is 11.6 Å². The van der Waals surface area contributed by atoms with Crippen LogP contribution in [-0.4, -0.2) is 94.4 Å². The van der Waals surface area contributed by atoms with Crippen molar-refractivity contribution in [2.75, 3.05) is 61.8 Å². The number of hydrogen-bond acceptors (Lipinski definition) is 10. The predicted molar refractivity (Wildman–Crippen MR) is 139 cm³/mol. The summed E-state index contributed by atoms with van der Waals surface area (Å²) in [4.78, 5) is 15.6. The number of benzene rings is 1. The standard InChI is InChI=1S/C24H27ClF2N10O/c1-34-4-6-35(7-5-34)16-12-36(13-16)19-9-17(38-23(26)27)8-18(20(19)25)31-24-32-21(30-14-2-3-14)22-29-11-15(10-28)37(22)33-24/h8-9,11,14,16,23H,2-7,12-13H2,1H3,(H2,30,31,32,33). The van der Waals surface area contributed by atoms with Gasteiger partial charge in [-0.05, 0) is 19.9 Å². The van der Waals surface area contributed by atoms with E-state index in [1.165, 1.54) is 22.8 Å². The van der Waals surface area contributed by atoms with E-state index in [4.69, 9.17) is 16.3 Å². The predicted octanol–water partition coefficient (Wildman–Crippen LogP) is 3.00. The first kappa shape index (κ1) is 24.8. The molecule has 2 N–H and O–H groups in total.